The molecule has 136 valence electrons. The molecule has 0 fully saturated rings. The van der Waals surface area contributed by atoms with Crippen LogP contribution >= 0.6 is 11.6 Å². The second-order valence-electron chi connectivity index (χ2n) is 5.51. The molecule has 0 aliphatic carbocycles. The molecule has 1 aromatic heterocycles. The minimum Gasteiger partial charge on any atom is -0.494 e. The Hall–Kier alpha value is -2.74. The Morgan fingerprint density at radius 3 is 2.69 bits per heavy atom. The number of anilines is 1. The van der Waals surface area contributed by atoms with Crippen LogP contribution in [-0.2, 0) is 6.18 Å². The number of carbonyl (C=O) groups excluding carboxylic acids is 1. The first-order chi connectivity index (χ1) is 12.2. The van der Waals surface area contributed by atoms with Gasteiger partial charge in [0.05, 0.1) is 40.0 Å². The van der Waals surface area contributed by atoms with Gasteiger partial charge in [0.25, 0.3) is 5.91 Å². The molecule has 1 heterocycles. The van der Waals surface area contributed by atoms with Crippen molar-refractivity contribution in [1.82, 2.24) is 9.97 Å². The summed E-state index contributed by atoms with van der Waals surface area (Å²) in [6.45, 7) is 1.77. The normalized spacial score (nSPS) is 11.6. The number of hydrogen-bond donors (Lipinski definition) is 2. The van der Waals surface area contributed by atoms with E-state index < -0.39 is 22.7 Å². The van der Waals surface area contributed by atoms with E-state index in [1.807, 2.05) is 0 Å². The van der Waals surface area contributed by atoms with Crippen molar-refractivity contribution in [3.05, 3.63) is 52.3 Å². The van der Waals surface area contributed by atoms with Crippen LogP contribution in [0.1, 0.15) is 21.7 Å². The number of H-pyrrole nitrogens is 1. The van der Waals surface area contributed by atoms with Crippen LogP contribution in [0.15, 0.2) is 30.3 Å². The van der Waals surface area contributed by atoms with Gasteiger partial charge in [-0.3, -0.25) is 4.79 Å². The van der Waals surface area contributed by atoms with Crippen LogP contribution in [-0.4, -0.2) is 23.0 Å². The van der Waals surface area contributed by atoms with Crippen LogP contribution in [0.5, 0.6) is 5.75 Å². The molecule has 2 N–H and O–H groups in total. The fraction of sp³-hybridized carbons (Fsp3) is 0.176. The summed E-state index contributed by atoms with van der Waals surface area (Å²) in [5.41, 5.74) is 0.202. The lowest BCUT2D eigenvalue weighted by Gasteiger charge is -2.14. The highest BCUT2D eigenvalue weighted by molar-refractivity contribution is 6.35. The lowest BCUT2D eigenvalue weighted by molar-refractivity contribution is -0.137. The zero-order chi connectivity index (χ0) is 19.1. The molecule has 0 saturated carbocycles. The highest BCUT2D eigenvalue weighted by Crippen LogP contribution is 2.37. The molecule has 0 saturated heterocycles. The maximum Gasteiger partial charge on any atom is 0.417 e. The van der Waals surface area contributed by atoms with Crippen molar-refractivity contribution in [3.63, 3.8) is 0 Å². The predicted molar refractivity (Wildman–Crippen MR) is 91.8 cm³/mol. The first-order valence-electron chi connectivity index (χ1n) is 7.42. The number of aromatic nitrogens is 2. The Morgan fingerprint density at radius 2 is 2.04 bits per heavy atom. The average molecular weight is 384 g/mol. The van der Waals surface area contributed by atoms with Crippen molar-refractivity contribution in [1.29, 1.82) is 0 Å². The van der Waals surface area contributed by atoms with Crippen LogP contribution in [0.3, 0.4) is 0 Å². The first-order valence-corrected chi connectivity index (χ1v) is 7.80. The lowest BCUT2D eigenvalue weighted by Crippen LogP contribution is -2.15. The van der Waals surface area contributed by atoms with Crippen molar-refractivity contribution in [2.24, 2.45) is 0 Å². The van der Waals surface area contributed by atoms with Gasteiger partial charge < -0.3 is 15.0 Å². The first kappa shape index (κ1) is 18.1. The zero-order valence-electron chi connectivity index (χ0n) is 13.7. The predicted octanol–water partition coefficient (Wildman–Crippen LogP) is 4.80. The van der Waals surface area contributed by atoms with Crippen LogP contribution < -0.4 is 10.1 Å². The highest BCUT2D eigenvalue weighted by atomic mass is 35.5. The van der Waals surface area contributed by atoms with Crippen LogP contribution in [0, 0.1) is 6.92 Å². The molecule has 0 radical (unpaired) electrons. The second-order valence-corrected chi connectivity index (χ2v) is 5.89. The number of nitrogens with zero attached hydrogens (tertiary/aromatic N) is 1. The fourth-order valence-electron chi connectivity index (χ4n) is 2.55. The number of carbonyl (C=O) groups is 1. The number of benzene rings is 2. The Labute approximate surface area is 151 Å². The molecule has 0 unspecified atom stereocenters. The quantitative estimate of drug-likeness (QED) is 0.682. The third-order valence-corrected chi connectivity index (χ3v) is 4.13. The minimum atomic E-state index is -4.66. The van der Waals surface area contributed by atoms with Crippen molar-refractivity contribution < 1.29 is 22.7 Å². The maximum absolute atomic E-state index is 13.0. The van der Waals surface area contributed by atoms with E-state index in [-0.39, 0.29) is 11.3 Å². The van der Waals surface area contributed by atoms with Gasteiger partial charge in [0.15, 0.2) is 0 Å². The third-order valence-electron chi connectivity index (χ3n) is 3.72. The van der Waals surface area contributed by atoms with E-state index in [4.69, 9.17) is 16.3 Å². The number of ether oxygens (including phenoxy) is 1. The van der Waals surface area contributed by atoms with E-state index in [2.05, 4.69) is 15.3 Å². The van der Waals surface area contributed by atoms with E-state index in [9.17, 15) is 18.0 Å². The lowest BCUT2D eigenvalue weighted by atomic mass is 10.1. The van der Waals surface area contributed by atoms with Crippen molar-refractivity contribution in [2.45, 2.75) is 13.1 Å². The number of aryl methyl sites for hydroxylation is 1. The van der Waals surface area contributed by atoms with Crippen LogP contribution in [0.2, 0.25) is 5.02 Å². The van der Waals surface area contributed by atoms with Gasteiger partial charge in [0.1, 0.15) is 11.6 Å². The summed E-state index contributed by atoms with van der Waals surface area (Å²) >= 11 is 5.80. The molecule has 1 amide bonds. The topological polar surface area (TPSA) is 67.0 Å². The summed E-state index contributed by atoms with van der Waals surface area (Å²) in [5.74, 6) is 0.210. The SMILES string of the molecule is COc1cc2nc(C)[nH]c2cc1NC(=O)c1cccc(C(F)(F)F)c1Cl. The standard InChI is InChI=1S/C17H13ClF3N3O2/c1-8-22-11-6-13(14(26-2)7-12(11)23-8)24-16(25)9-4-3-5-10(15(9)18)17(19,20)21/h3-7H,1-2H3,(H,22,23)(H,24,25). The van der Waals surface area contributed by atoms with Gasteiger partial charge in [0.2, 0.25) is 0 Å². The number of alkyl halides is 3. The van der Waals surface area contributed by atoms with Crippen molar-refractivity contribution >= 4 is 34.2 Å². The van der Waals surface area contributed by atoms with Gasteiger partial charge in [-0.25, -0.2) is 4.98 Å². The molecule has 0 bridgehead atoms. The number of rotatable bonds is 3. The Bertz CT molecular complexity index is 999. The zero-order valence-corrected chi connectivity index (χ0v) is 14.4. The number of imidazole rings is 1. The number of aromatic amines is 1. The molecule has 26 heavy (non-hydrogen) atoms. The van der Waals surface area contributed by atoms with E-state index in [0.29, 0.717) is 22.6 Å². The van der Waals surface area contributed by atoms with Gasteiger partial charge in [-0.15, -0.1) is 0 Å². The molecular weight excluding hydrogens is 371 g/mol. The fourth-order valence-corrected chi connectivity index (χ4v) is 2.87. The molecule has 0 spiro atoms. The van der Waals surface area contributed by atoms with Crippen LogP contribution in [0.25, 0.3) is 11.0 Å². The third kappa shape index (κ3) is 3.32. The van der Waals surface area contributed by atoms with E-state index in [1.54, 1.807) is 19.1 Å². The summed E-state index contributed by atoms with van der Waals surface area (Å²) in [6.07, 6.45) is -4.66. The number of methoxy groups -OCH3 is 1. The number of hydrogen-bond acceptors (Lipinski definition) is 3. The monoisotopic (exact) mass is 383 g/mol. The van der Waals surface area contributed by atoms with Crippen molar-refractivity contribution in [3.8, 4) is 5.75 Å². The van der Waals surface area contributed by atoms with Gasteiger partial charge in [-0.2, -0.15) is 13.2 Å². The maximum atomic E-state index is 13.0. The Morgan fingerprint density at radius 1 is 1.31 bits per heavy atom. The molecule has 3 rings (SSSR count). The number of halogens is 4. The smallest absolute Gasteiger partial charge is 0.417 e. The summed E-state index contributed by atoms with van der Waals surface area (Å²) in [5, 5.41) is 1.88. The summed E-state index contributed by atoms with van der Waals surface area (Å²) in [4.78, 5) is 19.7. The van der Waals surface area contributed by atoms with Crippen LogP contribution in [0.4, 0.5) is 18.9 Å². The summed E-state index contributed by atoms with van der Waals surface area (Å²) in [6, 6.07) is 6.37. The van der Waals surface area contributed by atoms with Crippen molar-refractivity contribution in [2.75, 3.05) is 12.4 Å². The van der Waals surface area contributed by atoms with Gasteiger partial charge in [-0.1, -0.05) is 17.7 Å². The molecule has 0 aliphatic rings. The average Bonchev–Trinajstić information content (AvgIpc) is 2.91. The second kappa shape index (κ2) is 6.53. The molecule has 0 aliphatic heterocycles. The Balaban J connectivity index is 1.99. The van der Waals surface area contributed by atoms with Gasteiger partial charge >= 0.3 is 6.18 Å². The molecular formula is C17H13ClF3N3O2. The summed E-state index contributed by atoms with van der Waals surface area (Å²) < 4.78 is 44.1. The number of amides is 1. The van der Waals surface area contributed by atoms with Gasteiger partial charge in [-0.05, 0) is 25.1 Å². The minimum absolute atomic E-state index is 0.280. The van der Waals surface area contributed by atoms with E-state index in [1.165, 1.54) is 13.2 Å². The molecule has 3 aromatic rings. The van der Waals surface area contributed by atoms with E-state index in [0.717, 1.165) is 12.1 Å². The largest absolute Gasteiger partial charge is 0.494 e. The van der Waals surface area contributed by atoms with E-state index >= 15 is 0 Å². The number of nitrogens with one attached hydrogen (secondary N) is 2. The highest BCUT2D eigenvalue weighted by Gasteiger charge is 2.34. The summed E-state index contributed by atoms with van der Waals surface area (Å²) in [7, 11) is 1.41. The Kier molecular flexibility index (Phi) is 4.53. The van der Waals surface area contributed by atoms with Gasteiger partial charge in [0, 0.05) is 6.07 Å². The molecule has 5 nitrogen and oxygen atoms in total. The molecule has 2 aromatic carbocycles. The number of fused-ring (bicyclic) bond motifs is 1. The molecule has 9 heteroatoms. The molecule has 0 atom stereocenters.